The van der Waals surface area contributed by atoms with E-state index in [4.69, 9.17) is 16.3 Å². The number of carbonyl (C=O) groups excluding carboxylic acids is 3. The third-order valence-electron chi connectivity index (χ3n) is 6.41. The average molecular weight is 614 g/mol. The zero-order valence-corrected chi connectivity index (χ0v) is 25.6. The number of nitrogens with one attached hydrogen (secondary N) is 3. The Kier molecular flexibility index (Phi) is 11.0. The summed E-state index contributed by atoms with van der Waals surface area (Å²) in [4.78, 5) is 40.3. The zero-order valence-electron chi connectivity index (χ0n) is 24.0. The molecule has 3 amide bonds. The number of benzene rings is 4. The van der Waals surface area contributed by atoms with E-state index in [0.29, 0.717) is 39.7 Å². The van der Waals surface area contributed by atoms with Gasteiger partial charge in [0.05, 0.1) is 12.4 Å². The van der Waals surface area contributed by atoms with Crippen molar-refractivity contribution in [3.8, 4) is 5.75 Å². The highest BCUT2D eigenvalue weighted by Crippen LogP contribution is 2.29. The molecule has 9 heteroatoms. The van der Waals surface area contributed by atoms with Gasteiger partial charge in [0.1, 0.15) is 11.4 Å². The minimum atomic E-state index is -0.504. The molecule has 0 fully saturated rings. The summed E-state index contributed by atoms with van der Waals surface area (Å²) in [6, 6.07) is 28.5. The molecular weight excluding hydrogens is 582 g/mol. The number of hydrogen-bond donors (Lipinski definition) is 3. The number of aryl methyl sites for hydroxylation is 1. The minimum absolute atomic E-state index is 0.0581. The molecule has 43 heavy (non-hydrogen) atoms. The maximum atomic E-state index is 13.5. The summed E-state index contributed by atoms with van der Waals surface area (Å²) >= 11 is 7.61. The number of ether oxygens (including phenoxy) is 1. The van der Waals surface area contributed by atoms with E-state index in [9.17, 15) is 14.4 Å². The van der Waals surface area contributed by atoms with Crippen LogP contribution in [0.4, 0.5) is 11.4 Å². The van der Waals surface area contributed by atoms with Crippen molar-refractivity contribution in [2.45, 2.75) is 30.4 Å². The highest BCUT2D eigenvalue weighted by Gasteiger charge is 2.20. The molecule has 0 aliphatic heterocycles. The molecule has 0 bridgehead atoms. The molecule has 7 nitrogen and oxygen atoms in total. The molecule has 4 aromatic carbocycles. The first-order valence-corrected chi connectivity index (χ1v) is 14.9. The fourth-order valence-corrected chi connectivity index (χ4v) is 5.26. The lowest BCUT2D eigenvalue weighted by atomic mass is 10.1. The minimum Gasteiger partial charge on any atom is -0.497 e. The molecule has 220 valence electrons. The predicted octanol–water partition coefficient (Wildman–Crippen LogP) is 7.58. The Morgan fingerprint density at radius 3 is 2.35 bits per heavy atom. The van der Waals surface area contributed by atoms with E-state index < -0.39 is 11.8 Å². The molecule has 1 atom stereocenters. The first-order chi connectivity index (χ1) is 20.7. The van der Waals surface area contributed by atoms with Crippen LogP contribution in [0.15, 0.2) is 108 Å². The molecule has 3 N–H and O–H groups in total. The summed E-state index contributed by atoms with van der Waals surface area (Å²) in [5.41, 5.74) is 3.23. The average Bonchev–Trinajstić information content (AvgIpc) is 3.02. The van der Waals surface area contributed by atoms with Crippen molar-refractivity contribution in [1.29, 1.82) is 0 Å². The van der Waals surface area contributed by atoms with Crippen LogP contribution < -0.4 is 20.7 Å². The first-order valence-electron chi connectivity index (χ1n) is 13.6. The van der Waals surface area contributed by atoms with Crippen molar-refractivity contribution >= 4 is 58.5 Å². The van der Waals surface area contributed by atoms with Gasteiger partial charge < -0.3 is 20.7 Å². The summed E-state index contributed by atoms with van der Waals surface area (Å²) in [7, 11) is 1.56. The number of thioether (sulfide) groups is 1. The van der Waals surface area contributed by atoms with E-state index in [2.05, 4.69) is 16.0 Å². The number of halogens is 1. The third-order valence-corrected chi connectivity index (χ3v) is 8.17. The zero-order chi connectivity index (χ0) is 30.8. The molecule has 0 heterocycles. The fourth-order valence-electron chi connectivity index (χ4n) is 4.07. The number of hydrogen-bond acceptors (Lipinski definition) is 5. The van der Waals surface area contributed by atoms with E-state index in [-0.39, 0.29) is 16.9 Å². The van der Waals surface area contributed by atoms with Crippen molar-refractivity contribution in [3.05, 3.63) is 124 Å². The lowest BCUT2D eigenvalue weighted by molar-refractivity contribution is -0.116. The van der Waals surface area contributed by atoms with Crippen LogP contribution in [0.2, 0.25) is 5.02 Å². The molecular formula is C34H32ClN3O4S. The van der Waals surface area contributed by atoms with Gasteiger partial charge in [-0.15, -0.1) is 11.8 Å². The summed E-state index contributed by atoms with van der Waals surface area (Å²) < 4.78 is 5.30. The maximum absolute atomic E-state index is 13.5. The number of methoxy groups -OCH3 is 1. The Hall–Kier alpha value is -4.53. The second kappa shape index (κ2) is 15.1. The second-order valence-electron chi connectivity index (χ2n) is 9.60. The predicted molar refractivity (Wildman–Crippen MR) is 175 cm³/mol. The molecule has 0 aromatic heterocycles. The van der Waals surface area contributed by atoms with Gasteiger partial charge in [-0.1, -0.05) is 61.0 Å². The van der Waals surface area contributed by atoms with Crippen LogP contribution in [0, 0.1) is 6.92 Å². The van der Waals surface area contributed by atoms with Gasteiger partial charge in [-0.05, 0) is 85.1 Å². The van der Waals surface area contributed by atoms with Crippen molar-refractivity contribution in [1.82, 2.24) is 5.32 Å². The Balaban J connectivity index is 1.51. The summed E-state index contributed by atoms with van der Waals surface area (Å²) in [5, 5.41) is 8.77. The van der Waals surface area contributed by atoms with E-state index in [1.807, 2.05) is 44.2 Å². The van der Waals surface area contributed by atoms with Gasteiger partial charge >= 0.3 is 0 Å². The standard InChI is InChI=1S/C34H32ClN3O4S/c1-4-31(34(41)37-26-17-16-22(2)29(35)21-26)43-28-15-9-13-25(20-28)36-33(40)30(19-23-10-8-14-27(18-23)42-3)38-32(39)24-11-6-5-7-12-24/h5-21,31H,4H2,1-3H3,(H,36,40)(H,37,41)(H,38,39)/b30-19-. The topological polar surface area (TPSA) is 96.5 Å². The number of amides is 3. The molecule has 0 aliphatic rings. The lowest BCUT2D eigenvalue weighted by Crippen LogP contribution is -2.30. The third kappa shape index (κ3) is 8.98. The van der Waals surface area contributed by atoms with Gasteiger partial charge in [-0.3, -0.25) is 14.4 Å². The SMILES string of the molecule is CCC(Sc1cccc(NC(=O)/C(=C/c2cccc(OC)c2)NC(=O)c2ccccc2)c1)C(=O)Nc1ccc(C)c(Cl)c1. The molecule has 0 saturated heterocycles. The summed E-state index contributed by atoms with van der Waals surface area (Å²) in [6.45, 7) is 3.84. The Bertz CT molecular complexity index is 1640. The highest BCUT2D eigenvalue weighted by atomic mass is 35.5. The summed E-state index contributed by atoms with van der Waals surface area (Å²) in [5.74, 6) is -0.447. The highest BCUT2D eigenvalue weighted by molar-refractivity contribution is 8.00. The van der Waals surface area contributed by atoms with Crippen LogP contribution in [0.1, 0.15) is 34.8 Å². The number of carbonyl (C=O) groups is 3. The Labute approximate surface area is 260 Å². The molecule has 4 aromatic rings. The molecule has 0 radical (unpaired) electrons. The van der Waals surface area contributed by atoms with E-state index in [1.54, 1.807) is 79.9 Å². The van der Waals surface area contributed by atoms with Crippen LogP contribution in [-0.2, 0) is 9.59 Å². The smallest absolute Gasteiger partial charge is 0.272 e. The van der Waals surface area contributed by atoms with Crippen LogP contribution in [0.5, 0.6) is 5.75 Å². The van der Waals surface area contributed by atoms with Gasteiger partial charge in [-0.25, -0.2) is 0 Å². The van der Waals surface area contributed by atoms with Gasteiger partial charge in [0.2, 0.25) is 5.91 Å². The number of rotatable bonds is 11. The van der Waals surface area contributed by atoms with Crippen molar-refractivity contribution < 1.29 is 19.1 Å². The van der Waals surface area contributed by atoms with E-state index in [0.717, 1.165) is 10.5 Å². The lowest BCUT2D eigenvalue weighted by Gasteiger charge is -2.16. The van der Waals surface area contributed by atoms with E-state index >= 15 is 0 Å². The largest absolute Gasteiger partial charge is 0.497 e. The van der Waals surface area contributed by atoms with Crippen molar-refractivity contribution in [3.63, 3.8) is 0 Å². The number of anilines is 2. The summed E-state index contributed by atoms with van der Waals surface area (Å²) in [6.07, 6.45) is 2.18. The Morgan fingerprint density at radius 2 is 1.63 bits per heavy atom. The molecule has 1 unspecified atom stereocenters. The van der Waals surface area contributed by atoms with Gasteiger partial charge in [-0.2, -0.15) is 0 Å². The van der Waals surface area contributed by atoms with Crippen LogP contribution in [0.3, 0.4) is 0 Å². The van der Waals surface area contributed by atoms with Gasteiger partial charge in [0.25, 0.3) is 11.8 Å². The quantitative estimate of drug-likeness (QED) is 0.120. The van der Waals surface area contributed by atoms with Gasteiger partial charge in [0, 0.05) is 26.9 Å². The van der Waals surface area contributed by atoms with Crippen molar-refractivity contribution in [2.75, 3.05) is 17.7 Å². The Morgan fingerprint density at radius 1 is 0.884 bits per heavy atom. The normalized spacial score (nSPS) is 11.8. The van der Waals surface area contributed by atoms with Crippen LogP contribution in [0.25, 0.3) is 6.08 Å². The second-order valence-corrected chi connectivity index (χ2v) is 11.3. The monoisotopic (exact) mass is 613 g/mol. The fraction of sp³-hybridized carbons (Fsp3) is 0.147. The maximum Gasteiger partial charge on any atom is 0.272 e. The molecule has 0 aliphatic carbocycles. The van der Waals surface area contributed by atoms with Crippen LogP contribution >= 0.6 is 23.4 Å². The van der Waals surface area contributed by atoms with E-state index in [1.165, 1.54) is 11.8 Å². The van der Waals surface area contributed by atoms with Crippen molar-refractivity contribution in [2.24, 2.45) is 0 Å². The molecule has 0 spiro atoms. The van der Waals surface area contributed by atoms with Gasteiger partial charge in [0.15, 0.2) is 0 Å². The van der Waals surface area contributed by atoms with Crippen LogP contribution in [-0.4, -0.2) is 30.1 Å². The molecule has 0 saturated carbocycles. The first kappa shape index (κ1) is 31.4. The molecule has 4 rings (SSSR count).